The van der Waals surface area contributed by atoms with Gasteiger partial charge in [-0.3, -0.25) is 0 Å². The monoisotopic (exact) mass is 147 g/mol. The van der Waals surface area contributed by atoms with Crippen molar-refractivity contribution in [1.82, 2.24) is 0 Å². The zero-order chi connectivity index (χ0) is 7.61. The minimum atomic E-state index is -1.18. The Morgan fingerprint density at radius 3 is 2.40 bits per heavy atom. The number of hydrogen-bond donors (Lipinski definition) is 2. The molecular weight excluding hydrogens is 133 g/mol. The quantitative estimate of drug-likeness (QED) is 0.570. The van der Waals surface area contributed by atoms with Crippen LogP contribution in [0.25, 0.3) is 0 Å². The fraction of sp³-hybridized carbons (Fsp3) is 1.00. The van der Waals surface area contributed by atoms with E-state index in [1.165, 1.54) is 0 Å². The molecule has 3 heteroatoms. The van der Waals surface area contributed by atoms with Gasteiger partial charge in [0.25, 0.3) is 0 Å². The molecule has 0 spiro atoms. The molecule has 1 saturated carbocycles. The number of aliphatic hydroxyl groups is 1. The van der Waals surface area contributed by atoms with Gasteiger partial charge < -0.3 is 10.8 Å². The number of halogens is 1. The first-order chi connectivity index (χ1) is 4.66. The van der Waals surface area contributed by atoms with Crippen LogP contribution < -0.4 is 5.73 Å². The lowest BCUT2D eigenvalue weighted by Crippen LogP contribution is -2.38. The summed E-state index contributed by atoms with van der Waals surface area (Å²) in [6.07, 6.45) is 1.67. The standard InChI is InChI=1S/C7H14FNO/c8-7(5-9)3-1-6(10)2-4-7/h6,10H,1-5,9H2. The van der Waals surface area contributed by atoms with Gasteiger partial charge in [0.05, 0.1) is 6.10 Å². The lowest BCUT2D eigenvalue weighted by atomic mass is 9.85. The minimum Gasteiger partial charge on any atom is -0.393 e. The van der Waals surface area contributed by atoms with E-state index in [2.05, 4.69) is 0 Å². The lowest BCUT2D eigenvalue weighted by Gasteiger charge is -2.30. The third-order valence-corrected chi connectivity index (χ3v) is 2.22. The predicted molar refractivity (Wildman–Crippen MR) is 37.4 cm³/mol. The first-order valence-corrected chi connectivity index (χ1v) is 3.73. The van der Waals surface area contributed by atoms with Crippen LogP contribution in [0.1, 0.15) is 25.7 Å². The second-order valence-electron chi connectivity index (χ2n) is 3.09. The van der Waals surface area contributed by atoms with E-state index in [0.717, 1.165) is 0 Å². The molecule has 3 N–H and O–H groups in total. The van der Waals surface area contributed by atoms with E-state index in [9.17, 15) is 4.39 Å². The number of aliphatic hydroxyl groups excluding tert-OH is 1. The summed E-state index contributed by atoms with van der Waals surface area (Å²) in [6.45, 7) is 0.0969. The van der Waals surface area contributed by atoms with Gasteiger partial charge in [0.1, 0.15) is 5.67 Å². The lowest BCUT2D eigenvalue weighted by molar-refractivity contribution is 0.0390. The minimum absolute atomic E-state index is 0.0969. The molecule has 0 unspecified atom stereocenters. The van der Waals surface area contributed by atoms with E-state index in [1.54, 1.807) is 0 Å². The zero-order valence-corrected chi connectivity index (χ0v) is 6.02. The molecule has 1 aliphatic carbocycles. The Morgan fingerprint density at radius 1 is 1.50 bits per heavy atom. The first-order valence-electron chi connectivity index (χ1n) is 3.73. The molecule has 0 aliphatic heterocycles. The molecule has 60 valence electrons. The molecule has 2 nitrogen and oxygen atoms in total. The maximum Gasteiger partial charge on any atom is 0.123 e. The molecule has 1 rings (SSSR count). The fourth-order valence-electron chi connectivity index (χ4n) is 1.32. The van der Waals surface area contributed by atoms with E-state index in [1.807, 2.05) is 0 Å². The molecule has 0 aromatic rings. The van der Waals surface area contributed by atoms with Crippen molar-refractivity contribution in [3.05, 3.63) is 0 Å². The van der Waals surface area contributed by atoms with E-state index in [4.69, 9.17) is 10.8 Å². The highest BCUT2D eigenvalue weighted by atomic mass is 19.1. The van der Waals surface area contributed by atoms with Crippen molar-refractivity contribution in [3.8, 4) is 0 Å². The van der Waals surface area contributed by atoms with Crippen LogP contribution in [0.2, 0.25) is 0 Å². The second-order valence-corrected chi connectivity index (χ2v) is 3.09. The van der Waals surface area contributed by atoms with Crippen molar-refractivity contribution in [2.24, 2.45) is 5.73 Å². The Hall–Kier alpha value is -0.150. The number of rotatable bonds is 1. The van der Waals surface area contributed by atoms with Gasteiger partial charge in [-0.1, -0.05) is 0 Å². The molecule has 0 atom stereocenters. The van der Waals surface area contributed by atoms with Gasteiger partial charge in [-0.05, 0) is 25.7 Å². The first kappa shape index (κ1) is 7.95. The Balaban J connectivity index is 2.38. The molecule has 0 aromatic heterocycles. The Bertz CT molecular complexity index is 110. The van der Waals surface area contributed by atoms with Gasteiger partial charge in [0, 0.05) is 6.54 Å². The molecule has 0 aromatic carbocycles. The Morgan fingerprint density at radius 2 is 2.00 bits per heavy atom. The van der Waals surface area contributed by atoms with Gasteiger partial charge in [0.15, 0.2) is 0 Å². The van der Waals surface area contributed by atoms with Crippen LogP contribution in [0.5, 0.6) is 0 Å². The fourth-order valence-corrected chi connectivity index (χ4v) is 1.32. The summed E-state index contributed by atoms with van der Waals surface area (Å²) in [4.78, 5) is 0. The molecule has 0 amide bonds. The summed E-state index contributed by atoms with van der Waals surface area (Å²) >= 11 is 0. The van der Waals surface area contributed by atoms with Crippen LogP contribution in [0.3, 0.4) is 0 Å². The number of alkyl halides is 1. The van der Waals surface area contributed by atoms with Crippen LogP contribution in [0.4, 0.5) is 4.39 Å². The summed E-state index contributed by atoms with van der Waals surface area (Å²) in [6, 6.07) is 0. The van der Waals surface area contributed by atoms with E-state index in [-0.39, 0.29) is 12.6 Å². The molecule has 0 saturated heterocycles. The maximum absolute atomic E-state index is 13.2. The summed E-state index contributed by atoms with van der Waals surface area (Å²) in [5.41, 5.74) is 4.04. The van der Waals surface area contributed by atoms with Gasteiger partial charge >= 0.3 is 0 Å². The second kappa shape index (κ2) is 2.84. The van der Waals surface area contributed by atoms with Gasteiger partial charge in [-0.25, -0.2) is 4.39 Å². The average molecular weight is 147 g/mol. The van der Waals surface area contributed by atoms with Gasteiger partial charge in [-0.15, -0.1) is 0 Å². The van der Waals surface area contributed by atoms with Crippen molar-refractivity contribution >= 4 is 0 Å². The van der Waals surface area contributed by atoms with E-state index in [0.29, 0.717) is 25.7 Å². The summed E-state index contributed by atoms with van der Waals surface area (Å²) in [5.74, 6) is 0. The van der Waals surface area contributed by atoms with Crippen LogP contribution >= 0.6 is 0 Å². The molecular formula is C7H14FNO. The summed E-state index contributed by atoms with van der Waals surface area (Å²) in [7, 11) is 0. The topological polar surface area (TPSA) is 46.2 Å². The SMILES string of the molecule is NCC1(F)CCC(O)CC1. The molecule has 10 heavy (non-hydrogen) atoms. The molecule has 1 fully saturated rings. The molecule has 0 heterocycles. The number of nitrogens with two attached hydrogens (primary N) is 1. The predicted octanol–water partition coefficient (Wildman–Crippen LogP) is 0.588. The van der Waals surface area contributed by atoms with Crippen molar-refractivity contribution in [1.29, 1.82) is 0 Å². The van der Waals surface area contributed by atoms with Crippen LogP contribution in [0.15, 0.2) is 0 Å². The highest BCUT2D eigenvalue weighted by molar-refractivity contribution is 4.86. The highest BCUT2D eigenvalue weighted by Crippen LogP contribution is 2.30. The Kier molecular flexibility index (Phi) is 2.26. The van der Waals surface area contributed by atoms with E-state index >= 15 is 0 Å². The van der Waals surface area contributed by atoms with Crippen molar-refractivity contribution in [2.45, 2.75) is 37.5 Å². The largest absolute Gasteiger partial charge is 0.393 e. The zero-order valence-electron chi connectivity index (χ0n) is 6.02. The van der Waals surface area contributed by atoms with Gasteiger partial charge in [0.2, 0.25) is 0 Å². The van der Waals surface area contributed by atoms with Crippen LogP contribution in [-0.4, -0.2) is 23.4 Å². The third kappa shape index (κ3) is 1.67. The summed E-state index contributed by atoms with van der Waals surface area (Å²) in [5, 5.41) is 9.03. The van der Waals surface area contributed by atoms with Gasteiger partial charge in [-0.2, -0.15) is 0 Å². The molecule has 0 bridgehead atoms. The van der Waals surface area contributed by atoms with Crippen molar-refractivity contribution in [3.63, 3.8) is 0 Å². The van der Waals surface area contributed by atoms with Crippen molar-refractivity contribution < 1.29 is 9.50 Å². The Labute approximate surface area is 60.2 Å². The average Bonchev–Trinajstić information content (AvgIpc) is 1.96. The summed E-state index contributed by atoms with van der Waals surface area (Å²) < 4.78 is 13.2. The van der Waals surface area contributed by atoms with E-state index < -0.39 is 5.67 Å². The smallest absolute Gasteiger partial charge is 0.123 e. The van der Waals surface area contributed by atoms with Crippen LogP contribution in [0, 0.1) is 0 Å². The number of hydrogen-bond acceptors (Lipinski definition) is 2. The highest BCUT2D eigenvalue weighted by Gasteiger charge is 2.32. The third-order valence-electron chi connectivity index (χ3n) is 2.22. The normalized spacial score (nSPS) is 41.7. The molecule has 1 aliphatic rings. The van der Waals surface area contributed by atoms with Crippen LogP contribution in [-0.2, 0) is 0 Å². The molecule has 0 radical (unpaired) electrons. The van der Waals surface area contributed by atoms with Crippen molar-refractivity contribution in [2.75, 3.05) is 6.54 Å². The maximum atomic E-state index is 13.2.